The number of aromatic nitrogens is 5. The second-order valence-corrected chi connectivity index (χ2v) is 7.02. The first-order chi connectivity index (χ1) is 14.7. The van der Waals surface area contributed by atoms with Crippen molar-refractivity contribution in [3.63, 3.8) is 0 Å². The van der Waals surface area contributed by atoms with E-state index < -0.39 is 0 Å². The predicted molar refractivity (Wildman–Crippen MR) is 116 cm³/mol. The molecule has 4 aromatic heterocycles. The third-order valence-electron chi connectivity index (χ3n) is 4.73. The average Bonchev–Trinajstić information content (AvgIpc) is 3.39. The standard InChI is InChI=1S/C21H17ClN6O2/c22-15-11-13(27-21-19-16(25-12-26-21)5-8-28(19)9-10-29)1-2-18(15)30-17-4-7-24-20-14(17)3-6-23-20/h1-8,11-12,29H,9-10H2,(H,23,24)(H,25,26,27). The van der Waals surface area contributed by atoms with Crippen LogP contribution in [-0.2, 0) is 6.54 Å². The Morgan fingerprint density at radius 1 is 1.10 bits per heavy atom. The second-order valence-electron chi connectivity index (χ2n) is 6.61. The molecule has 150 valence electrons. The smallest absolute Gasteiger partial charge is 0.158 e. The predicted octanol–water partition coefficient (Wildman–Crippen LogP) is 4.49. The monoisotopic (exact) mass is 420 g/mol. The summed E-state index contributed by atoms with van der Waals surface area (Å²) in [7, 11) is 0. The molecule has 0 aliphatic heterocycles. The summed E-state index contributed by atoms with van der Waals surface area (Å²) in [6, 6.07) is 11.0. The number of halogens is 1. The van der Waals surface area contributed by atoms with Crippen molar-refractivity contribution in [2.75, 3.05) is 11.9 Å². The van der Waals surface area contributed by atoms with E-state index in [-0.39, 0.29) is 6.61 Å². The lowest BCUT2D eigenvalue weighted by atomic mass is 10.2. The lowest BCUT2D eigenvalue weighted by Gasteiger charge is -2.12. The molecular weight excluding hydrogens is 404 g/mol. The van der Waals surface area contributed by atoms with Crippen LogP contribution in [0.2, 0.25) is 5.02 Å². The quantitative estimate of drug-likeness (QED) is 0.374. The minimum absolute atomic E-state index is 0.0272. The molecule has 0 bridgehead atoms. The van der Waals surface area contributed by atoms with Crippen molar-refractivity contribution < 1.29 is 9.84 Å². The van der Waals surface area contributed by atoms with E-state index in [2.05, 4.69) is 25.3 Å². The number of hydrogen-bond donors (Lipinski definition) is 3. The topological polar surface area (TPSA) is 101 Å². The van der Waals surface area contributed by atoms with Gasteiger partial charge >= 0.3 is 0 Å². The number of pyridine rings is 1. The summed E-state index contributed by atoms with van der Waals surface area (Å²) in [4.78, 5) is 16.0. The molecule has 0 amide bonds. The largest absolute Gasteiger partial charge is 0.455 e. The van der Waals surface area contributed by atoms with Crippen LogP contribution in [0.4, 0.5) is 11.5 Å². The number of anilines is 2. The zero-order valence-corrected chi connectivity index (χ0v) is 16.5. The maximum Gasteiger partial charge on any atom is 0.158 e. The van der Waals surface area contributed by atoms with E-state index in [1.54, 1.807) is 24.4 Å². The van der Waals surface area contributed by atoms with Crippen molar-refractivity contribution in [3.05, 3.63) is 66.3 Å². The van der Waals surface area contributed by atoms with Crippen molar-refractivity contribution in [1.82, 2.24) is 24.5 Å². The molecule has 0 spiro atoms. The highest BCUT2D eigenvalue weighted by Crippen LogP contribution is 2.35. The van der Waals surface area contributed by atoms with E-state index >= 15 is 0 Å². The van der Waals surface area contributed by atoms with Gasteiger partial charge in [-0.3, -0.25) is 0 Å². The molecule has 0 aliphatic rings. The van der Waals surface area contributed by atoms with Gasteiger partial charge in [-0.05, 0) is 36.4 Å². The van der Waals surface area contributed by atoms with Crippen LogP contribution in [-0.4, -0.2) is 36.2 Å². The van der Waals surface area contributed by atoms with E-state index in [9.17, 15) is 5.11 Å². The zero-order chi connectivity index (χ0) is 20.5. The van der Waals surface area contributed by atoms with Crippen LogP contribution in [0.25, 0.3) is 22.1 Å². The summed E-state index contributed by atoms with van der Waals surface area (Å²) < 4.78 is 7.92. The molecule has 5 aromatic rings. The Morgan fingerprint density at radius 2 is 2.03 bits per heavy atom. The summed E-state index contributed by atoms with van der Waals surface area (Å²) in [5, 5.41) is 13.9. The molecule has 0 atom stereocenters. The fraction of sp³-hybridized carbons (Fsp3) is 0.0952. The molecule has 0 aliphatic carbocycles. The van der Waals surface area contributed by atoms with Crippen LogP contribution in [0.15, 0.2) is 61.3 Å². The Kier molecular flexibility index (Phi) is 4.70. The maximum absolute atomic E-state index is 9.30. The number of nitrogens with zero attached hydrogens (tertiary/aromatic N) is 4. The highest BCUT2D eigenvalue weighted by molar-refractivity contribution is 6.32. The number of benzene rings is 1. The lowest BCUT2D eigenvalue weighted by molar-refractivity contribution is 0.278. The SMILES string of the molecule is OCCn1ccc2ncnc(Nc3ccc(Oc4ccnc5[nH]ccc45)c(Cl)c3)c21. The summed E-state index contributed by atoms with van der Waals surface area (Å²) in [6.45, 7) is 0.484. The van der Waals surface area contributed by atoms with E-state index in [0.717, 1.165) is 27.8 Å². The summed E-state index contributed by atoms with van der Waals surface area (Å²) in [5.41, 5.74) is 3.11. The molecule has 0 radical (unpaired) electrons. The van der Waals surface area contributed by atoms with E-state index in [4.69, 9.17) is 16.3 Å². The van der Waals surface area contributed by atoms with Crippen molar-refractivity contribution in [2.45, 2.75) is 6.54 Å². The maximum atomic E-state index is 9.30. The summed E-state index contributed by atoms with van der Waals surface area (Å²) >= 11 is 6.49. The van der Waals surface area contributed by atoms with Crippen molar-refractivity contribution in [1.29, 1.82) is 0 Å². The molecule has 0 unspecified atom stereocenters. The number of ether oxygens (including phenoxy) is 1. The van der Waals surface area contributed by atoms with Gasteiger partial charge in [0.25, 0.3) is 0 Å². The zero-order valence-electron chi connectivity index (χ0n) is 15.7. The van der Waals surface area contributed by atoms with E-state index in [1.165, 1.54) is 6.33 Å². The van der Waals surface area contributed by atoms with Gasteiger partial charge < -0.3 is 24.7 Å². The highest BCUT2D eigenvalue weighted by Gasteiger charge is 2.12. The lowest BCUT2D eigenvalue weighted by Crippen LogP contribution is -2.04. The molecule has 0 saturated heterocycles. The molecule has 30 heavy (non-hydrogen) atoms. The molecule has 5 rings (SSSR count). The molecule has 8 nitrogen and oxygen atoms in total. The number of fused-ring (bicyclic) bond motifs is 2. The minimum Gasteiger partial charge on any atom is -0.455 e. The van der Waals surface area contributed by atoms with Crippen LogP contribution in [0.1, 0.15) is 0 Å². The number of aliphatic hydroxyl groups is 1. The van der Waals surface area contributed by atoms with Gasteiger partial charge in [0.2, 0.25) is 0 Å². The summed E-state index contributed by atoms with van der Waals surface area (Å²) in [6.07, 6.45) is 6.87. The highest BCUT2D eigenvalue weighted by atomic mass is 35.5. The van der Waals surface area contributed by atoms with Crippen LogP contribution in [0.3, 0.4) is 0 Å². The fourth-order valence-corrected chi connectivity index (χ4v) is 3.58. The number of aliphatic hydroxyl groups excluding tert-OH is 1. The molecule has 1 aromatic carbocycles. The normalized spacial score (nSPS) is 11.3. The van der Waals surface area contributed by atoms with Crippen LogP contribution in [0.5, 0.6) is 11.5 Å². The Bertz CT molecular complexity index is 1350. The Morgan fingerprint density at radius 3 is 2.90 bits per heavy atom. The number of aromatic amines is 1. The third-order valence-corrected chi connectivity index (χ3v) is 5.02. The second kappa shape index (κ2) is 7.66. The van der Waals surface area contributed by atoms with Crippen molar-refractivity contribution >= 4 is 45.2 Å². The van der Waals surface area contributed by atoms with Crippen LogP contribution < -0.4 is 10.1 Å². The average molecular weight is 421 g/mol. The van der Waals surface area contributed by atoms with Gasteiger partial charge in [0.05, 0.1) is 22.5 Å². The molecule has 0 fully saturated rings. The Hall–Kier alpha value is -3.62. The first kappa shape index (κ1) is 18.4. The Labute approximate surface area is 176 Å². The minimum atomic E-state index is 0.0272. The van der Waals surface area contributed by atoms with E-state index in [1.807, 2.05) is 35.2 Å². The van der Waals surface area contributed by atoms with Gasteiger partial charge in [-0.2, -0.15) is 0 Å². The van der Waals surface area contributed by atoms with Gasteiger partial charge in [0.1, 0.15) is 29.0 Å². The molecular formula is C21H17ClN6O2. The first-order valence-corrected chi connectivity index (χ1v) is 9.68. The van der Waals surface area contributed by atoms with Crippen molar-refractivity contribution in [2.24, 2.45) is 0 Å². The Balaban J connectivity index is 1.44. The first-order valence-electron chi connectivity index (χ1n) is 9.30. The number of H-pyrrole nitrogens is 1. The molecule has 0 saturated carbocycles. The molecule has 9 heteroatoms. The van der Waals surface area contributed by atoms with Crippen LogP contribution in [0, 0.1) is 0 Å². The molecule has 3 N–H and O–H groups in total. The van der Waals surface area contributed by atoms with Crippen molar-refractivity contribution in [3.8, 4) is 11.5 Å². The van der Waals surface area contributed by atoms with Gasteiger partial charge in [-0.1, -0.05) is 11.6 Å². The van der Waals surface area contributed by atoms with E-state index in [0.29, 0.717) is 28.9 Å². The number of nitrogens with one attached hydrogen (secondary N) is 2. The van der Waals surface area contributed by atoms with Gasteiger partial charge in [-0.15, -0.1) is 0 Å². The van der Waals surface area contributed by atoms with Gasteiger partial charge in [0.15, 0.2) is 5.82 Å². The van der Waals surface area contributed by atoms with Crippen LogP contribution >= 0.6 is 11.6 Å². The van der Waals surface area contributed by atoms with Gasteiger partial charge in [-0.25, -0.2) is 15.0 Å². The number of rotatable bonds is 6. The fourth-order valence-electron chi connectivity index (χ4n) is 3.36. The number of hydrogen-bond acceptors (Lipinski definition) is 6. The third kappa shape index (κ3) is 3.32. The van der Waals surface area contributed by atoms with Gasteiger partial charge in [0, 0.05) is 30.8 Å². The summed E-state index contributed by atoms with van der Waals surface area (Å²) in [5.74, 6) is 1.84. The molecule has 4 heterocycles.